The molecule has 0 fully saturated rings. The van der Waals surface area contributed by atoms with Crippen LogP contribution in [0, 0.1) is 5.82 Å². The zero-order valence-electron chi connectivity index (χ0n) is 17.1. The number of halogens is 1. The molecule has 2 aromatic carbocycles. The molecule has 3 aromatic rings. The molecule has 1 aliphatic heterocycles. The van der Waals surface area contributed by atoms with Crippen LogP contribution in [0.2, 0.25) is 0 Å². The highest BCUT2D eigenvalue weighted by atomic mass is 19.1. The molecular formula is C24H24FN3O2. The Hall–Kier alpha value is -3.28. The maximum atomic E-state index is 13.2. The summed E-state index contributed by atoms with van der Waals surface area (Å²) in [5, 5.41) is 9.65. The summed E-state index contributed by atoms with van der Waals surface area (Å²) in [6.45, 7) is 5.21. The molecule has 0 saturated heterocycles. The summed E-state index contributed by atoms with van der Waals surface area (Å²) in [6, 6.07) is 12.7. The normalized spacial score (nSPS) is 13.8. The lowest BCUT2D eigenvalue weighted by atomic mass is 10.00. The first-order valence-electron chi connectivity index (χ1n) is 10.2. The topological polar surface area (TPSA) is 66.3 Å². The fourth-order valence-electron chi connectivity index (χ4n) is 3.71. The fraction of sp³-hybridized carbons (Fsp3) is 0.292. The second kappa shape index (κ2) is 8.22. The number of phenols is 1. The number of hydrogen-bond donors (Lipinski definition) is 1. The molecule has 0 bridgehead atoms. The van der Waals surface area contributed by atoms with Crippen molar-refractivity contribution in [2.75, 3.05) is 13.1 Å². The summed E-state index contributed by atoms with van der Waals surface area (Å²) in [4.78, 5) is 24.4. The van der Waals surface area contributed by atoms with Gasteiger partial charge in [0.15, 0.2) is 0 Å². The van der Waals surface area contributed by atoms with Crippen LogP contribution in [0.25, 0.3) is 11.3 Å². The molecule has 1 amide bonds. The number of aromatic hydroxyl groups is 1. The summed E-state index contributed by atoms with van der Waals surface area (Å²) >= 11 is 0. The van der Waals surface area contributed by atoms with Gasteiger partial charge in [0.25, 0.3) is 5.91 Å². The molecule has 30 heavy (non-hydrogen) atoms. The van der Waals surface area contributed by atoms with Gasteiger partial charge in [-0.25, -0.2) is 14.4 Å². The monoisotopic (exact) mass is 405 g/mol. The first-order valence-corrected chi connectivity index (χ1v) is 10.2. The molecule has 0 spiro atoms. The van der Waals surface area contributed by atoms with Crippen molar-refractivity contribution >= 4 is 5.91 Å². The van der Waals surface area contributed by atoms with E-state index in [4.69, 9.17) is 9.97 Å². The Kier molecular flexibility index (Phi) is 5.48. The second-order valence-corrected chi connectivity index (χ2v) is 7.86. The number of aromatic nitrogens is 2. The Morgan fingerprint density at radius 2 is 1.67 bits per heavy atom. The van der Waals surface area contributed by atoms with Crippen molar-refractivity contribution in [3.8, 4) is 17.0 Å². The van der Waals surface area contributed by atoms with Crippen LogP contribution in [-0.2, 0) is 12.8 Å². The molecule has 0 aliphatic carbocycles. The van der Waals surface area contributed by atoms with Crippen LogP contribution in [-0.4, -0.2) is 39.0 Å². The van der Waals surface area contributed by atoms with E-state index in [0.29, 0.717) is 31.5 Å². The highest BCUT2D eigenvalue weighted by Gasteiger charge is 2.24. The fourth-order valence-corrected chi connectivity index (χ4v) is 3.71. The lowest BCUT2D eigenvalue weighted by Crippen LogP contribution is -2.33. The van der Waals surface area contributed by atoms with Crippen molar-refractivity contribution in [2.24, 2.45) is 0 Å². The molecule has 1 N–H and O–H groups in total. The Balaban J connectivity index is 1.68. The van der Waals surface area contributed by atoms with Crippen molar-refractivity contribution in [1.29, 1.82) is 0 Å². The van der Waals surface area contributed by atoms with Gasteiger partial charge in [0.1, 0.15) is 17.4 Å². The third kappa shape index (κ3) is 4.03. The lowest BCUT2D eigenvalue weighted by molar-refractivity contribution is 0.0763. The minimum atomic E-state index is -0.357. The van der Waals surface area contributed by atoms with Crippen LogP contribution < -0.4 is 0 Å². The predicted octanol–water partition coefficient (Wildman–Crippen LogP) is 4.35. The summed E-state index contributed by atoms with van der Waals surface area (Å²) in [5.74, 6) is 0.691. The SMILES string of the molecule is CC(C)c1nc2c(c(-c3ccc(O)cc3)n1)CCN(C(=O)c1ccc(F)cc1)CC2. The first kappa shape index (κ1) is 20.0. The molecule has 6 heteroatoms. The van der Waals surface area contributed by atoms with E-state index >= 15 is 0 Å². The first-order chi connectivity index (χ1) is 14.4. The molecule has 1 aromatic heterocycles. The molecule has 1 aliphatic rings. The van der Waals surface area contributed by atoms with Gasteiger partial charge in [-0.1, -0.05) is 13.8 Å². The van der Waals surface area contributed by atoms with Crippen molar-refractivity contribution in [1.82, 2.24) is 14.9 Å². The Morgan fingerprint density at radius 1 is 1.00 bits per heavy atom. The maximum absolute atomic E-state index is 13.2. The number of amides is 1. The highest BCUT2D eigenvalue weighted by Crippen LogP contribution is 2.29. The number of rotatable bonds is 3. The standard InChI is InChI=1S/C24H24FN3O2/c1-15(2)23-26-21-12-14-28(24(30)17-3-7-18(25)8-4-17)13-11-20(21)22(27-23)16-5-9-19(29)10-6-16/h3-10,15,29H,11-14H2,1-2H3. The minimum Gasteiger partial charge on any atom is -0.508 e. The third-order valence-corrected chi connectivity index (χ3v) is 5.40. The minimum absolute atomic E-state index is 0.106. The number of carbonyl (C=O) groups excluding carboxylic acids is 1. The summed E-state index contributed by atoms with van der Waals surface area (Å²) in [6.07, 6.45) is 1.27. The average molecular weight is 405 g/mol. The maximum Gasteiger partial charge on any atom is 0.253 e. The third-order valence-electron chi connectivity index (χ3n) is 5.40. The van der Waals surface area contributed by atoms with Crippen LogP contribution in [0.1, 0.15) is 47.2 Å². The molecule has 4 rings (SSSR count). The Labute approximate surface area is 175 Å². The van der Waals surface area contributed by atoms with Crippen LogP contribution in [0.4, 0.5) is 4.39 Å². The number of nitrogens with zero attached hydrogens (tertiary/aromatic N) is 3. The van der Waals surface area contributed by atoms with Crippen LogP contribution in [0.3, 0.4) is 0 Å². The van der Waals surface area contributed by atoms with Crippen molar-refractivity contribution in [3.63, 3.8) is 0 Å². The van der Waals surface area contributed by atoms with Gasteiger partial charge in [-0.2, -0.15) is 0 Å². The molecular weight excluding hydrogens is 381 g/mol. The van der Waals surface area contributed by atoms with Gasteiger partial charge in [0.2, 0.25) is 0 Å². The number of phenolic OH excluding ortho intramolecular Hbond substituents is 1. The van der Waals surface area contributed by atoms with Gasteiger partial charge >= 0.3 is 0 Å². The van der Waals surface area contributed by atoms with Crippen molar-refractivity contribution < 1.29 is 14.3 Å². The van der Waals surface area contributed by atoms with E-state index in [9.17, 15) is 14.3 Å². The molecule has 2 heterocycles. The van der Waals surface area contributed by atoms with E-state index < -0.39 is 0 Å². The largest absolute Gasteiger partial charge is 0.508 e. The molecule has 0 saturated carbocycles. The van der Waals surface area contributed by atoms with Gasteiger partial charge in [-0.3, -0.25) is 4.79 Å². The highest BCUT2D eigenvalue weighted by molar-refractivity contribution is 5.94. The molecule has 154 valence electrons. The quantitative estimate of drug-likeness (QED) is 0.703. The van der Waals surface area contributed by atoms with E-state index in [2.05, 4.69) is 13.8 Å². The number of benzene rings is 2. The van der Waals surface area contributed by atoms with Crippen LogP contribution in [0.5, 0.6) is 5.75 Å². The van der Waals surface area contributed by atoms with Crippen LogP contribution in [0.15, 0.2) is 48.5 Å². The van der Waals surface area contributed by atoms with E-state index in [0.717, 1.165) is 28.3 Å². The van der Waals surface area contributed by atoms with E-state index in [1.165, 1.54) is 24.3 Å². The van der Waals surface area contributed by atoms with Gasteiger partial charge < -0.3 is 10.0 Å². The van der Waals surface area contributed by atoms with Gasteiger partial charge in [-0.15, -0.1) is 0 Å². The predicted molar refractivity (Wildman–Crippen MR) is 113 cm³/mol. The lowest BCUT2D eigenvalue weighted by Gasteiger charge is -2.20. The zero-order chi connectivity index (χ0) is 21.3. The molecule has 0 unspecified atom stereocenters. The number of carbonyl (C=O) groups is 1. The Morgan fingerprint density at radius 3 is 2.33 bits per heavy atom. The average Bonchev–Trinajstić information content (AvgIpc) is 2.96. The van der Waals surface area contributed by atoms with E-state index in [-0.39, 0.29) is 23.4 Å². The van der Waals surface area contributed by atoms with Crippen molar-refractivity contribution in [2.45, 2.75) is 32.6 Å². The van der Waals surface area contributed by atoms with Crippen LogP contribution >= 0.6 is 0 Å². The zero-order valence-corrected chi connectivity index (χ0v) is 17.1. The summed E-state index contributed by atoms with van der Waals surface area (Å²) in [5.41, 5.74) is 4.27. The van der Waals surface area contributed by atoms with E-state index in [1.807, 2.05) is 12.1 Å². The Bertz CT molecular complexity index is 1060. The summed E-state index contributed by atoms with van der Waals surface area (Å²) in [7, 11) is 0. The van der Waals surface area contributed by atoms with Gasteiger partial charge in [-0.05, 0) is 55.0 Å². The molecule has 5 nitrogen and oxygen atoms in total. The van der Waals surface area contributed by atoms with Crippen molar-refractivity contribution in [3.05, 3.63) is 77.0 Å². The molecule has 0 radical (unpaired) electrons. The second-order valence-electron chi connectivity index (χ2n) is 7.86. The van der Waals surface area contributed by atoms with Gasteiger partial charge in [0.05, 0.1) is 5.69 Å². The summed E-state index contributed by atoms with van der Waals surface area (Å²) < 4.78 is 13.2. The number of hydrogen-bond acceptors (Lipinski definition) is 4. The smallest absolute Gasteiger partial charge is 0.253 e. The number of fused-ring (bicyclic) bond motifs is 1. The van der Waals surface area contributed by atoms with E-state index in [1.54, 1.807) is 17.0 Å². The van der Waals surface area contributed by atoms with Gasteiger partial charge in [0, 0.05) is 47.8 Å². The molecule has 0 atom stereocenters.